The van der Waals surface area contributed by atoms with Crippen LogP contribution in [0.4, 0.5) is 17.6 Å². The molecule has 1 N–H and O–H groups in total. The number of fused-ring (bicyclic) bond motifs is 1. The normalized spacial score (nSPS) is 11.8. The van der Waals surface area contributed by atoms with Crippen LogP contribution in [-0.2, 0) is 18.5 Å². The fourth-order valence-electron chi connectivity index (χ4n) is 3.12. The molecule has 0 radical (unpaired) electrons. The number of nitrogens with one attached hydrogen (secondary N) is 1. The first-order valence-electron chi connectivity index (χ1n) is 9.29. The van der Waals surface area contributed by atoms with Crippen molar-refractivity contribution in [1.82, 2.24) is 15.5 Å². The number of carbonyl (C=O) groups excluding carboxylic acids is 1. The second kappa shape index (κ2) is 8.91. The van der Waals surface area contributed by atoms with Crippen LogP contribution in [0.2, 0.25) is 0 Å². The molecule has 2 aromatic carbocycles. The van der Waals surface area contributed by atoms with Crippen molar-refractivity contribution in [1.29, 1.82) is 0 Å². The number of amides is 1. The van der Waals surface area contributed by atoms with Crippen molar-refractivity contribution in [2.75, 3.05) is 0 Å². The fourth-order valence-corrected chi connectivity index (χ4v) is 4.96. The summed E-state index contributed by atoms with van der Waals surface area (Å²) >= 11 is 2.80. The van der Waals surface area contributed by atoms with E-state index in [0.29, 0.717) is 23.0 Å². The van der Waals surface area contributed by atoms with Gasteiger partial charge >= 0.3 is 6.18 Å². The molecule has 166 valence electrons. The predicted octanol–water partition coefficient (Wildman–Crippen LogP) is 5.97. The molecule has 11 heteroatoms. The number of aromatic nitrogens is 2. The minimum Gasteiger partial charge on any atom is -0.451 e. The van der Waals surface area contributed by atoms with Crippen molar-refractivity contribution in [2.45, 2.75) is 29.7 Å². The van der Waals surface area contributed by atoms with Crippen LogP contribution in [0, 0.1) is 12.7 Å². The van der Waals surface area contributed by atoms with Crippen molar-refractivity contribution in [2.24, 2.45) is 0 Å². The zero-order chi connectivity index (χ0) is 22.9. The molecule has 32 heavy (non-hydrogen) atoms. The van der Waals surface area contributed by atoms with Crippen molar-refractivity contribution < 1.29 is 26.8 Å². The molecular formula is C21H15F4N3O2S2. The highest BCUT2D eigenvalue weighted by molar-refractivity contribution is 8.00. The summed E-state index contributed by atoms with van der Waals surface area (Å²) in [5, 5.41) is 12.0. The number of furan rings is 1. The van der Waals surface area contributed by atoms with Gasteiger partial charge in [0, 0.05) is 23.2 Å². The first-order valence-corrected chi connectivity index (χ1v) is 11.1. The number of benzene rings is 2. The van der Waals surface area contributed by atoms with Crippen molar-refractivity contribution in [3.05, 3.63) is 75.7 Å². The van der Waals surface area contributed by atoms with E-state index in [0.717, 1.165) is 26.9 Å². The van der Waals surface area contributed by atoms with Gasteiger partial charge in [0.05, 0.1) is 5.56 Å². The Balaban J connectivity index is 1.59. The first kappa shape index (κ1) is 22.3. The highest BCUT2D eigenvalue weighted by Gasteiger charge is 2.34. The number of para-hydroxylation sites is 1. The molecule has 0 bridgehead atoms. The second-order valence-corrected chi connectivity index (χ2v) is 9.17. The van der Waals surface area contributed by atoms with E-state index >= 15 is 0 Å². The minimum atomic E-state index is -4.75. The Morgan fingerprint density at radius 1 is 1.19 bits per heavy atom. The van der Waals surface area contributed by atoms with Gasteiger partial charge in [0.15, 0.2) is 10.1 Å². The molecule has 2 aromatic heterocycles. The maximum atomic E-state index is 13.3. The van der Waals surface area contributed by atoms with E-state index in [9.17, 15) is 22.4 Å². The van der Waals surface area contributed by atoms with Crippen molar-refractivity contribution >= 4 is 40.0 Å². The molecule has 0 atom stereocenters. The van der Waals surface area contributed by atoms with Gasteiger partial charge in [-0.05, 0) is 30.7 Å². The third-order valence-electron chi connectivity index (χ3n) is 4.57. The highest BCUT2D eigenvalue weighted by atomic mass is 32.2. The van der Waals surface area contributed by atoms with E-state index in [4.69, 9.17) is 4.42 Å². The third kappa shape index (κ3) is 4.78. The summed E-state index contributed by atoms with van der Waals surface area (Å²) in [5.74, 6) is -1.30. The molecule has 4 rings (SSSR count). The Morgan fingerprint density at radius 3 is 2.69 bits per heavy atom. The van der Waals surface area contributed by atoms with Gasteiger partial charge in [-0.25, -0.2) is 4.39 Å². The fraction of sp³-hybridized carbons (Fsp3) is 0.190. The number of halogens is 4. The van der Waals surface area contributed by atoms with Gasteiger partial charge in [-0.2, -0.15) is 13.2 Å². The summed E-state index contributed by atoms with van der Waals surface area (Å²) in [4.78, 5) is 12.9. The van der Waals surface area contributed by atoms with Gasteiger partial charge in [-0.15, -0.1) is 10.2 Å². The topological polar surface area (TPSA) is 68.0 Å². The zero-order valence-electron chi connectivity index (χ0n) is 16.5. The van der Waals surface area contributed by atoms with Crippen LogP contribution in [-0.4, -0.2) is 16.1 Å². The molecular weight excluding hydrogens is 466 g/mol. The Labute approximate surface area is 187 Å². The van der Waals surface area contributed by atoms with Crippen LogP contribution in [0.15, 0.2) is 51.2 Å². The third-order valence-corrected chi connectivity index (χ3v) is 6.57. The van der Waals surface area contributed by atoms with Crippen molar-refractivity contribution in [3.8, 4) is 0 Å². The zero-order valence-corrected chi connectivity index (χ0v) is 18.1. The Morgan fingerprint density at radius 2 is 1.97 bits per heavy atom. The van der Waals surface area contributed by atoms with Gasteiger partial charge in [0.2, 0.25) is 0 Å². The standard InChI is InChI=1S/C21H15F4N3O2S2/c1-11-27-28-20(32-11)31-10-15-14-4-2-3-5-17(14)30-18(15)19(29)26-9-12-6-7-13(22)8-16(12)21(23,24)25/h2-8H,9-10H2,1H3,(H,26,29). The number of thioether (sulfide) groups is 1. The molecule has 1 amide bonds. The molecule has 0 aliphatic heterocycles. The van der Waals surface area contributed by atoms with Gasteiger partial charge in [0.1, 0.15) is 16.4 Å². The summed E-state index contributed by atoms with van der Waals surface area (Å²) in [6, 6.07) is 9.41. The van der Waals surface area contributed by atoms with Gasteiger partial charge < -0.3 is 9.73 Å². The van der Waals surface area contributed by atoms with E-state index < -0.39 is 30.0 Å². The number of hydrogen-bond donors (Lipinski definition) is 1. The maximum absolute atomic E-state index is 13.3. The van der Waals surface area contributed by atoms with Crippen LogP contribution in [0.25, 0.3) is 11.0 Å². The number of hydrogen-bond acceptors (Lipinski definition) is 6. The van der Waals surface area contributed by atoms with E-state index in [1.54, 1.807) is 24.3 Å². The summed E-state index contributed by atoms with van der Waals surface area (Å²) in [5.41, 5.74) is -0.293. The van der Waals surface area contributed by atoms with E-state index in [2.05, 4.69) is 15.5 Å². The lowest BCUT2D eigenvalue weighted by atomic mass is 10.1. The largest absolute Gasteiger partial charge is 0.451 e. The quantitative estimate of drug-likeness (QED) is 0.271. The van der Waals surface area contributed by atoms with Crippen molar-refractivity contribution in [3.63, 3.8) is 0 Å². The number of alkyl halides is 3. The first-order chi connectivity index (χ1) is 15.2. The maximum Gasteiger partial charge on any atom is 0.416 e. The second-order valence-electron chi connectivity index (χ2n) is 6.76. The number of rotatable bonds is 6. The smallest absolute Gasteiger partial charge is 0.416 e. The molecule has 5 nitrogen and oxygen atoms in total. The summed E-state index contributed by atoms with van der Waals surface area (Å²) in [6.45, 7) is 1.39. The average molecular weight is 481 g/mol. The lowest BCUT2D eigenvalue weighted by molar-refractivity contribution is -0.138. The highest BCUT2D eigenvalue weighted by Crippen LogP contribution is 2.34. The lowest BCUT2D eigenvalue weighted by Crippen LogP contribution is -2.25. The van der Waals surface area contributed by atoms with Crippen LogP contribution >= 0.6 is 23.1 Å². The molecule has 0 aliphatic carbocycles. The summed E-state index contributed by atoms with van der Waals surface area (Å²) in [6.07, 6.45) is -4.75. The van der Waals surface area contributed by atoms with E-state index in [1.165, 1.54) is 23.1 Å². The molecule has 0 saturated carbocycles. The van der Waals surface area contributed by atoms with Gasteiger partial charge in [-0.3, -0.25) is 4.79 Å². The molecule has 0 saturated heterocycles. The molecule has 0 spiro atoms. The van der Waals surface area contributed by atoms with Crippen LogP contribution < -0.4 is 5.32 Å². The number of nitrogens with zero attached hydrogens (tertiary/aromatic N) is 2. The van der Waals surface area contributed by atoms with Crippen LogP contribution in [0.3, 0.4) is 0 Å². The molecule has 0 unspecified atom stereocenters. The van der Waals surface area contributed by atoms with E-state index in [-0.39, 0.29) is 11.3 Å². The van der Waals surface area contributed by atoms with E-state index in [1.807, 2.05) is 6.92 Å². The average Bonchev–Trinajstić information content (AvgIpc) is 3.33. The van der Waals surface area contributed by atoms with Gasteiger partial charge in [-0.1, -0.05) is 47.4 Å². The number of carbonyl (C=O) groups is 1. The number of aryl methyl sites for hydroxylation is 1. The SMILES string of the molecule is Cc1nnc(SCc2c(C(=O)NCc3ccc(F)cc3C(F)(F)F)oc3ccccc23)s1. The molecule has 0 aliphatic rings. The summed E-state index contributed by atoms with van der Waals surface area (Å²) in [7, 11) is 0. The predicted molar refractivity (Wildman–Crippen MR) is 113 cm³/mol. The lowest BCUT2D eigenvalue weighted by Gasteiger charge is -2.13. The Kier molecular flexibility index (Phi) is 6.20. The summed E-state index contributed by atoms with van der Waals surface area (Å²) < 4.78 is 59.5. The molecule has 0 fully saturated rings. The van der Waals surface area contributed by atoms with Crippen LogP contribution in [0.5, 0.6) is 0 Å². The monoisotopic (exact) mass is 481 g/mol. The van der Waals surface area contributed by atoms with Crippen LogP contribution in [0.1, 0.15) is 32.3 Å². The van der Waals surface area contributed by atoms with Gasteiger partial charge in [0.25, 0.3) is 5.91 Å². The Bertz CT molecular complexity index is 1280. The molecule has 4 aromatic rings. The Hall–Kier alpha value is -2.92. The minimum absolute atomic E-state index is 0.00982. The molecule has 2 heterocycles.